The first-order chi connectivity index (χ1) is 13.1. The number of H-pyrrole nitrogens is 1. The van der Waals surface area contributed by atoms with Crippen LogP contribution in [0.4, 0.5) is 4.39 Å². The summed E-state index contributed by atoms with van der Waals surface area (Å²) >= 11 is 0. The summed E-state index contributed by atoms with van der Waals surface area (Å²) in [7, 11) is 0. The maximum absolute atomic E-state index is 13.6. The molecule has 0 bridgehead atoms. The third-order valence-electron chi connectivity index (χ3n) is 4.40. The number of likely N-dealkylation sites (tertiary alicyclic amines) is 1. The number of carbonyl (C=O) groups excluding carboxylic acids is 2. The lowest BCUT2D eigenvalue weighted by Gasteiger charge is -2.31. The summed E-state index contributed by atoms with van der Waals surface area (Å²) in [6, 6.07) is 7.68. The van der Waals surface area contributed by atoms with Gasteiger partial charge in [-0.25, -0.2) is 4.39 Å². The van der Waals surface area contributed by atoms with Crippen molar-refractivity contribution >= 4 is 11.9 Å². The van der Waals surface area contributed by atoms with Crippen molar-refractivity contribution in [1.82, 2.24) is 15.1 Å². The molecule has 1 fully saturated rings. The summed E-state index contributed by atoms with van der Waals surface area (Å²) in [5, 5.41) is 6.76. The summed E-state index contributed by atoms with van der Waals surface area (Å²) in [4.78, 5) is 26.2. The molecular formula is C19H22FN3O4. The molecule has 1 atom stereocenters. The van der Waals surface area contributed by atoms with Crippen molar-refractivity contribution in [3.8, 4) is 5.75 Å². The van der Waals surface area contributed by atoms with Crippen molar-refractivity contribution in [2.24, 2.45) is 5.92 Å². The Balaban J connectivity index is 1.59. The highest BCUT2D eigenvalue weighted by Crippen LogP contribution is 2.20. The van der Waals surface area contributed by atoms with E-state index in [4.69, 9.17) is 9.47 Å². The van der Waals surface area contributed by atoms with Gasteiger partial charge in [-0.3, -0.25) is 14.7 Å². The third kappa shape index (κ3) is 4.64. The number of aromatic amines is 1. The molecule has 1 aliphatic heterocycles. The number of nitrogens with one attached hydrogen (secondary N) is 1. The lowest BCUT2D eigenvalue weighted by atomic mass is 9.98. The molecule has 7 nitrogen and oxygen atoms in total. The molecule has 144 valence electrons. The molecule has 27 heavy (non-hydrogen) atoms. The van der Waals surface area contributed by atoms with Gasteiger partial charge in [-0.05, 0) is 38.0 Å². The molecule has 1 saturated heterocycles. The van der Waals surface area contributed by atoms with Crippen LogP contribution in [0.15, 0.2) is 30.3 Å². The number of carbonyl (C=O) groups is 2. The van der Waals surface area contributed by atoms with Crippen LogP contribution in [0.2, 0.25) is 0 Å². The van der Waals surface area contributed by atoms with Crippen molar-refractivity contribution in [3.05, 3.63) is 47.5 Å². The molecule has 8 heteroatoms. The summed E-state index contributed by atoms with van der Waals surface area (Å²) in [5.41, 5.74) is 0.798. The van der Waals surface area contributed by atoms with Gasteiger partial charge in [0, 0.05) is 13.1 Å². The maximum atomic E-state index is 13.6. The summed E-state index contributed by atoms with van der Waals surface area (Å²) in [5.74, 6) is -1.14. The van der Waals surface area contributed by atoms with Crippen LogP contribution >= 0.6 is 0 Å². The van der Waals surface area contributed by atoms with Crippen molar-refractivity contribution in [3.63, 3.8) is 0 Å². The Hall–Kier alpha value is -2.90. The van der Waals surface area contributed by atoms with E-state index in [1.165, 1.54) is 12.1 Å². The van der Waals surface area contributed by atoms with Gasteiger partial charge in [0.1, 0.15) is 6.61 Å². The molecule has 2 heterocycles. The van der Waals surface area contributed by atoms with Crippen LogP contribution in [0, 0.1) is 11.7 Å². The van der Waals surface area contributed by atoms with E-state index in [1.807, 2.05) is 0 Å². The molecule has 0 radical (unpaired) electrons. The van der Waals surface area contributed by atoms with Crippen LogP contribution in [-0.4, -0.2) is 46.7 Å². The highest BCUT2D eigenvalue weighted by atomic mass is 19.1. The quantitative estimate of drug-likeness (QED) is 0.785. The number of para-hydroxylation sites is 1. The minimum atomic E-state index is -0.452. The van der Waals surface area contributed by atoms with Gasteiger partial charge in [-0.2, -0.15) is 5.10 Å². The van der Waals surface area contributed by atoms with Crippen LogP contribution < -0.4 is 4.74 Å². The van der Waals surface area contributed by atoms with Gasteiger partial charge < -0.3 is 14.4 Å². The Morgan fingerprint density at radius 1 is 1.37 bits per heavy atom. The first-order valence-electron chi connectivity index (χ1n) is 8.96. The number of halogens is 1. The number of benzene rings is 1. The van der Waals surface area contributed by atoms with Crippen LogP contribution in [0.3, 0.4) is 0 Å². The fraction of sp³-hybridized carbons (Fsp3) is 0.421. The Labute approximate surface area is 156 Å². The van der Waals surface area contributed by atoms with E-state index in [0.717, 1.165) is 6.42 Å². The Bertz CT molecular complexity index is 808. The van der Waals surface area contributed by atoms with Crippen molar-refractivity contribution in [2.75, 3.05) is 19.7 Å². The minimum Gasteiger partial charge on any atom is -0.484 e. The zero-order chi connectivity index (χ0) is 19.2. The molecule has 0 spiro atoms. The standard InChI is InChI=1S/C19H22FN3O4/c1-2-26-19(25)13-6-5-9-23(11-13)18(24)16-10-14(21-22-16)12-27-17-8-4-3-7-15(17)20/h3-4,7-8,10,13H,2,5-6,9,11-12H2,1H3,(H,21,22)/t13-/m0/s1. The summed E-state index contributed by atoms with van der Waals surface area (Å²) in [6.45, 7) is 3.05. The molecular weight excluding hydrogens is 353 g/mol. The molecule has 1 amide bonds. The van der Waals surface area contributed by atoms with Crippen molar-refractivity contribution in [2.45, 2.75) is 26.4 Å². The highest BCUT2D eigenvalue weighted by molar-refractivity contribution is 5.92. The number of ether oxygens (including phenoxy) is 2. The number of hydrogen-bond donors (Lipinski definition) is 1. The van der Waals surface area contributed by atoms with Gasteiger partial charge in [0.05, 0.1) is 18.2 Å². The second kappa shape index (κ2) is 8.66. The smallest absolute Gasteiger partial charge is 0.310 e. The number of rotatable bonds is 6. The number of esters is 1. The fourth-order valence-corrected chi connectivity index (χ4v) is 3.04. The molecule has 0 saturated carbocycles. The van der Waals surface area contributed by atoms with Gasteiger partial charge in [0.2, 0.25) is 0 Å². The highest BCUT2D eigenvalue weighted by Gasteiger charge is 2.30. The minimum absolute atomic E-state index is 0.0622. The monoisotopic (exact) mass is 375 g/mol. The summed E-state index contributed by atoms with van der Waals surface area (Å²) in [6.07, 6.45) is 1.45. The lowest BCUT2D eigenvalue weighted by Crippen LogP contribution is -2.43. The lowest BCUT2D eigenvalue weighted by molar-refractivity contribution is -0.149. The number of piperidine rings is 1. The zero-order valence-electron chi connectivity index (χ0n) is 15.1. The average molecular weight is 375 g/mol. The van der Waals surface area contributed by atoms with E-state index < -0.39 is 5.82 Å². The van der Waals surface area contributed by atoms with E-state index in [9.17, 15) is 14.0 Å². The van der Waals surface area contributed by atoms with E-state index in [2.05, 4.69) is 10.2 Å². The zero-order valence-corrected chi connectivity index (χ0v) is 15.1. The number of aromatic nitrogens is 2. The van der Waals surface area contributed by atoms with Gasteiger partial charge in [-0.1, -0.05) is 12.1 Å². The normalized spacial score (nSPS) is 16.8. The largest absolute Gasteiger partial charge is 0.484 e. The van der Waals surface area contributed by atoms with Gasteiger partial charge in [-0.15, -0.1) is 0 Å². The molecule has 3 rings (SSSR count). The molecule has 1 N–H and O–H groups in total. The van der Waals surface area contributed by atoms with Crippen LogP contribution in [0.25, 0.3) is 0 Å². The topological polar surface area (TPSA) is 84.5 Å². The Morgan fingerprint density at radius 2 is 2.19 bits per heavy atom. The number of amides is 1. The third-order valence-corrected chi connectivity index (χ3v) is 4.40. The summed E-state index contributed by atoms with van der Waals surface area (Å²) < 4.78 is 24.0. The van der Waals surface area contributed by atoms with Crippen LogP contribution in [0.1, 0.15) is 35.9 Å². The van der Waals surface area contributed by atoms with Gasteiger partial charge in [0.15, 0.2) is 17.3 Å². The molecule has 1 aromatic carbocycles. The van der Waals surface area contributed by atoms with E-state index in [-0.39, 0.29) is 35.8 Å². The molecule has 1 aromatic heterocycles. The molecule has 2 aromatic rings. The van der Waals surface area contributed by atoms with E-state index in [1.54, 1.807) is 30.0 Å². The fourth-order valence-electron chi connectivity index (χ4n) is 3.04. The molecule has 0 unspecified atom stereocenters. The Morgan fingerprint density at radius 3 is 2.96 bits per heavy atom. The predicted molar refractivity (Wildman–Crippen MR) is 94.6 cm³/mol. The van der Waals surface area contributed by atoms with E-state index >= 15 is 0 Å². The maximum Gasteiger partial charge on any atom is 0.310 e. The number of hydrogen-bond acceptors (Lipinski definition) is 5. The van der Waals surface area contributed by atoms with Gasteiger partial charge >= 0.3 is 5.97 Å². The SMILES string of the molecule is CCOC(=O)[C@H]1CCCN(C(=O)c2cc(COc3ccccc3F)[nH]n2)C1. The van der Waals surface area contributed by atoms with Crippen LogP contribution in [0.5, 0.6) is 5.75 Å². The number of nitrogens with zero attached hydrogens (tertiary/aromatic N) is 2. The van der Waals surface area contributed by atoms with Crippen LogP contribution in [-0.2, 0) is 16.1 Å². The van der Waals surface area contributed by atoms with E-state index in [0.29, 0.717) is 31.8 Å². The average Bonchev–Trinajstić information content (AvgIpc) is 3.16. The first kappa shape index (κ1) is 18.9. The second-order valence-corrected chi connectivity index (χ2v) is 6.34. The van der Waals surface area contributed by atoms with Crippen molar-refractivity contribution < 1.29 is 23.5 Å². The second-order valence-electron chi connectivity index (χ2n) is 6.34. The first-order valence-corrected chi connectivity index (χ1v) is 8.96. The van der Waals surface area contributed by atoms with Gasteiger partial charge in [0.25, 0.3) is 5.91 Å². The molecule has 0 aliphatic carbocycles. The Kier molecular flexibility index (Phi) is 6.05. The molecule has 1 aliphatic rings. The van der Waals surface area contributed by atoms with Crippen molar-refractivity contribution in [1.29, 1.82) is 0 Å². The predicted octanol–water partition coefficient (Wildman–Crippen LogP) is 2.54.